The van der Waals surface area contributed by atoms with Crippen molar-refractivity contribution in [2.24, 2.45) is 0 Å². The van der Waals surface area contributed by atoms with E-state index in [1.165, 1.54) is 12.2 Å². The molecular formula is C3H10GeS2. The Bertz CT molecular complexity index is 35.8. The molecule has 3 heteroatoms. The predicted molar refractivity (Wildman–Crippen MR) is 41.2 cm³/mol. The number of hydrogen-bond donors (Lipinski definition) is 1. The molecule has 6 heavy (non-hydrogen) atoms. The molecule has 1 heterocycles. The van der Waals surface area contributed by atoms with Gasteiger partial charge in [0.25, 0.3) is 0 Å². The summed E-state index contributed by atoms with van der Waals surface area (Å²) in [6, 6.07) is 0. The molecule has 0 N–H and O–H groups in total. The summed E-state index contributed by atoms with van der Waals surface area (Å²) in [5.41, 5.74) is 0. The van der Waals surface area contributed by atoms with Gasteiger partial charge in [-0.25, -0.2) is 0 Å². The van der Waals surface area contributed by atoms with E-state index in [2.05, 4.69) is 12.6 Å². The zero-order chi connectivity index (χ0) is 3.70. The van der Waals surface area contributed by atoms with E-state index >= 15 is 0 Å². The van der Waals surface area contributed by atoms with Crippen LogP contribution in [0.1, 0.15) is 6.42 Å². The maximum absolute atomic E-state index is 4.15. The fraction of sp³-hybridized carbons (Fsp3) is 1.00. The third kappa shape index (κ3) is 1.80. The molecule has 0 radical (unpaired) electrons. The average molecular weight is 183 g/mol. The van der Waals surface area contributed by atoms with Crippen molar-refractivity contribution in [3.05, 3.63) is 0 Å². The van der Waals surface area contributed by atoms with Gasteiger partial charge in [-0.3, -0.25) is 0 Å². The molecule has 0 aromatic heterocycles. The maximum atomic E-state index is 4.15. The monoisotopic (exact) mass is 184 g/mol. The quantitative estimate of drug-likeness (QED) is 0.405. The summed E-state index contributed by atoms with van der Waals surface area (Å²) in [6.45, 7) is 0. The van der Waals surface area contributed by atoms with Gasteiger partial charge in [0.1, 0.15) is 0 Å². The average Bonchev–Trinajstić information content (AvgIpc) is 1.30. The first kappa shape index (κ1) is 7.24. The molecule has 1 saturated heterocycles. The molecule has 38 valence electrons. The zero-order valence-electron chi connectivity index (χ0n) is 2.85. The van der Waals surface area contributed by atoms with E-state index in [0.29, 0.717) is 4.58 Å². The standard InChI is InChI=1S/C3H6S2.GeH4/c4-3-1-2-5-3;/h3-4H,1-2H2;1H4. The predicted octanol–water partition coefficient (Wildman–Crippen LogP) is -0.0724. The Hall–Kier alpha value is 1.24. The van der Waals surface area contributed by atoms with E-state index in [9.17, 15) is 0 Å². The van der Waals surface area contributed by atoms with Crippen molar-refractivity contribution < 1.29 is 0 Å². The molecule has 0 bridgehead atoms. The summed E-state index contributed by atoms with van der Waals surface area (Å²) in [6.07, 6.45) is 1.31. The third-order valence-corrected chi connectivity index (χ3v) is 2.47. The second-order valence-electron chi connectivity index (χ2n) is 1.11. The van der Waals surface area contributed by atoms with E-state index in [1.54, 1.807) is 0 Å². The van der Waals surface area contributed by atoms with Crippen molar-refractivity contribution in [1.29, 1.82) is 0 Å². The summed E-state index contributed by atoms with van der Waals surface area (Å²) in [5.74, 6) is 1.33. The van der Waals surface area contributed by atoms with Gasteiger partial charge < -0.3 is 0 Å². The summed E-state index contributed by atoms with van der Waals surface area (Å²) >= 11 is 6.07. The van der Waals surface area contributed by atoms with E-state index in [4.69, 9.17) is 0 Å². The van der Waals surface area contributed by atoms with Crippen LogP contribution in [0, 0.1) is 0 Å². The van der Waals surface area contributed by atoms with E-state index in [0.717, 1.165) is 0 Å². The Labute approximate surface area is 58.8 Å². The molecule has 1 aliphatic heterocycles. The molecule has 1 atom stereocenters. The van der Waals surface area contributed by atoms with Gasteiger partial charge >= 0.3 is 17.6 Å². The van der Waals surface area contributed by atoms with Crippen LogP contribution in [0.3, 0.4) is 0 Å². The number of rotatable bonds is 0. The second-order valence-corrected chi connectivity index (χ2v) is 3.40. The van der Waals surface area contributed by atoms with Crippen LogP contribution in [-0.4, -0.2) is 27.9 Å². The molecule has 0 saturated carbocycles. The summed E-state index contributed by atoms with van der Waals surface area (Å²) in [4.78, 5) is 0. The van der Waals surface area contributed by atoms with Crippen molar-refractivity contribution >= 4 is 42.0 Å². The molecule has 1 rings (SSSR count). The van der Waals surface area contributed by atoms with Crippen molar-refractivity contribution in [2.75, 3.05) is 5.75 Å². The molecule has 1 fully saturated rings. The van der Waals surface area contributed by atoms with Crippen LogP contribution in [0.25, 0.3) is 0 Å². The Morgan fingerprint density at radius 2 is 2.00 bits per heavy atom. The first-order chi connectivity index (χ1) is 2.39. The van der Waals surface area contributed by atoms with Crippen molar-refractivity contribution in [3.8, 4) is 0 Å². The molecular weight excluding hydrogens is 173 g/mol. The molecule has 0 amide bonds. The normalized spacial score (nSPS) is 30.5. The van der Waals surface area contributed by atoms with Gasteiger partial charge in [0.15, 0.2) is 0 Å². The molecule has 1 aliphatic rings. The Kier molecular flexibility index (Phi) is 3.95. The first-order valence-corrected chi connectivity index (χ1v) is 3.26. The fourth-order valence-corrected chi connectivity index (χ4v) is 1.30. The fourth-order valence-electron chi connectivity index (χ4n) is 0.223. The van der Waals surface area contributed by atoms with E-state index in [-0.39, 0.29) is 17.6 Å². The van der Waals surface area contributed by atoms with Gasteiger partial charge in [0.2, 0.25) is 0 Å². The van der Waals surface area contributed by atoms with Gasteiger partial charge in [0, 0.05) is 4.58 Å². The van der Waals surface area contributed by atoms with Gasteiger partial charge in [-0.2, -0.15) is 12.6 Å². The molecule has 0 nitrogen and oxygen atoms in total. The van der Waals surface area contributed by atoms with Crippen molar-refractivity contribution in [3.63, 3.8) is 0 Å². The van der Waals surface area contributed by atoms with Gasteiger partial charge in [-0.05, 0) is 12.2 Å². The molecule has 1 unspecified atom stereocenters. The Balaban J connectivity index is 0.000000250. The van der Waals surface area contributed by atoms with Gasteiger partial charge in [-0.15, -0.1) is 11.8 Å². The Morgan fingerprint density at radius 3 is 2.00 bits per heavy atom. The summed E-state index contributed by atoms with van der Waals surface area (Å²) in [7, 11) is 0. The van der Waals surface area contributed by atoms with Crippen molar-refractivity contribution in [1.82, 2.24) is 0 Å². The van der Waals surface area contributed by atoms with Crippen LogP contribution in [0.4, 0.5) is 0 Å². The number of hydrogen-bond acceptors (Lipinski definition) is 2. The SMILES string of the molecule is SC1CCS1.[GeH4]. The molecule has 0 aliphatic carbocycles. The van der Waals surface area contributed by atoms with Crippen molar-refractivity contribution in [2.45, 2.75) is 11.0 Å². The second kappa shape index (κ2) is 3.27. The van der Waals surface area contributed by atoms with Crippen LogP contribution < -0.4 is 0 Å². The zero-order valence-corrected chi connectivity index (χ0v) is 4.56. The van der Waals surface area contributed by atoms with Gasteiger partial charge in [-0.1, -0.05) is 0 Å². The van der Waals surface area contributed by atoms with Crippen LogP contribution in [0.15, 0.2) is 0 Å². The summed E-state index contributed by atoms with van der Waals surface area (Å²) in [5, 5.41) is 0. The molecule has 0 spiro atoms. The molecule has 0 aromatic rings. The third-order valence-electron chi connectivity index (χ3n) is 0.675. The summed E-state index contributed by atoms with van der Waals surface area (Å²) < 4.78 is 0.676. The minimum atomic E-state index is 0. The van der Waals surface area contributed by atoms with Crippen LogP contribution in [0.2, 0.25) is 0 Å². The topological polar surface area (TPSA) is 0 Å². The number of thioether (sulfide) groups is 1. The first-order valence-electron chi connectivity index (χ1n) is 1.69. The van der Waals surface area contributed by atoms with Crippen LogP contribution >= 0.6 is 24.4 Å². The van der Waals surface area contributed by atoms with Crippen LogP contribution in [-0.2, 0) is 0 Å². The van der Waals surface area contributed by atoms with E-state index < -0.39 is 0 Å². The van der Waals surface area contributed by atoms with Gasteiger partial charge in [0.05, 0.1) is 0 Å². The van der Waals surface area contributed by atoms with Crippen LogP contribution in [0.5, 0.6) is 0 Å². The van der Waals surface area contributed by atoms with E-state index in [1.807, 2.05) is 11.8 Å². The minimum absolute atomic E-state index is 0. The Morgan fingerprint density at radius 1 is 1.67 bits per heavy atom. The number of thiol groups is 1. The molecule has 0 aromatic carbocycles.